The second-order valence-corrected chi connectivity index (χ2v) is 5.59. The second-order valence-electron chi connectivity index (χ2n) is 5.59. The predicted molar refractivity (Wildman–Crippen MR) is 77.8 cm³/mol. The second kappa shape index (κ2) is 8.89. The van der Waals surface area contributed by atoms with Crippen molar-refractivity contribution in [2.45, 2.75) is 64.3 Å². The fraction of sp³-hybridized carbons (Fsp3) is 1.00. The minimum atomic E-state index is 0.268. The lowest BCUT2D eigenvalue weighted by atomic mass is 9.80. The third-order valence-corrected chi connectivity index (χ3v) is 4.18. The van der Waals surface area contributed by atoms with Gasteiger partial charge in [-0.05, 0) is 32.2 Å². The van der Waals surface area contributed by atoms with Gasteiger partial charge in [-0.3, -0.25) is 4.90 Å². The maximum absolute atomic E-state index is 6.12. The van der Waals surface area contributed by atoms with E-state index in [1.165, 1.54) is 38.5 Å². The van der Waals surface area contributed by atoms with Gasteiger partial charge in [0.2, 0.25) is 0 Å². The Hall–Kier alpha value is -0.120. The molecule has 0 aromatic heterocycles. The van der Waals surface area contributed by atoms with Crippen molar-refractivity contribution in [3.05, 3.63) is 0 Å². The number of nitrogens with two attached hydrogens (primary N) is 1. The van der Waals surface area contributed by atoms with Crippen LogP contribution in [0.3, 0.4) is 0 Å². The molecule has 0 atom stereocenters. The van der Waals surface area contributed by atoms with Crippen molar-refractivity contribution in [1.82, 2.24) is 4.90 Å². The first-order valence-corrected chi connectivity index (χ1v) is 7.82. The fourth-order valence-electron chi connectivity index (χ4n) is 3.14. The monoisotopic (exact) mass is 256 g/mol. The van der Waals surface area contributed by atoms with E-state index in [-0.39, 0.29) is 5.54 Å². The first-order valence-electron chi connectivity index (χ1n) is 7.82. The van der Waals surface area contributed by atoms with Crippen molar-refractivity contribution in [3.63, 3.8) is 0 Å². The Kier molecular flexibility index (Phi) is 7.87. The molecule has 0 bridgehead atoms. The lowest BCUT2D eigenvalue weighted by Crippen LogP contribution is -2.56. The Balaban J connectivity index is 2.50. The summed E-state index contributed by atoms with van der Waals surface area (Å²) >= 11 is 0. The summed E-state index contributed by atoms with van der Waals surface area (Å²) in [5, 5.41) is 0. The molecule has 0 saturated heterocycles. The summed E-state index contributed by atoms with van der Waals surface area (Å²) in [4.78, 5) is 2.61. The Morgan fingerprint density at radius 3 is 2.28 bits per heavy atom. The fourth-order valence-corrected chi connectivity index (χ4v) is 3.14. The molecule has 0 aromatic rings. The summed E-state index contributed by atoms with van der Waals surface area (Å²) in [5.41, 5.74) is 6.39. The van der Waals surface area contributed by atoms with Crippen molar-refractivity contribution < 1.29 is 4.74 Å². The van der Waals surface area contributed by atoms with Crippen LogP contribution in [0.5, 0.6) is 0 Å². The molecule has 18 heavy (non-hydrogen) atoms. The van der Waals surface area contributed by atoms with Gasteiger partial charge in [0.1, 0.15) is 0 Å². The van der Waals surface area contributed by atoms with Gasteiger partial charge in [0, 0.05) is 25.2 Å². The van der Waals surface area contributed by atoms with Crippen molar-refractivity contribution in [3.8, 4) is 0 Å². The van der Waals surface area contributed by atoms with Gasteiger partial charge in [0.15, 0.2) is 0 Å². The molecule has 2 N–H and O–H groups in total. The Labute approximate surface area is 113 Å². The molecule has 3 heteroatoms. The van der Waals surface area contributed by atoms with Crippen LogP contribution in [0.2, 0.25) is 0 Å². The number of nitrogens with zero attached hydrogens (tertiary/aromatic N) is 1. The average molecular weight is 256 g/mol. The van der Waals surface area contributed by atoms with E-state index in [0.29, 0.717) is 0 Å². The lowest BCUT2D eigenvalue weighted by Gasteiger charge is -2.46. The van der Waals surface area contributed by atoms with E-state index >= 15 is 0 Å². The van der Waals surface area contributed by atoms with Crippen LogP contribution in [0, 0.1) is 0 Å². The molecule has 1 rings (SSSR count). The molecule has 0 radical (unpaired) electrons. The number of hydrogen-bond acceptors (Lipinski definition) is 3. The van der Waals surface area contributed by atoms with Crippen molar-refractivity contribution >= 4 is 0 Å². The molecule has 1 aliphatic rings. The highest BCUT2D eigenvalue weighted by Crippen LogP contribution is 2.32. The Bertz CT molecular complexity index is 203. The zero-order valence-electron chi connectivity index (χ0n) is 12.4. The Morgan fingerprint density at radius 2 is 1.72 bits per heavy atom. The molecule has 0 amide bonds. The first kappa shape index (κ1) is 15.9. The third-order valence-electron chi connectivity index (χ3n) is 4.18. The summed E-state index contributed by atoms with van der Waals surface area (Å²) in [5.74, 6) is 0. The molecule has 108 valence electrons. The van der Waals surface area contributed by atoms with E-state index in [4.69, 9.17) is 10.5 Å². The van der Waals surface area contributed by atoms with Gasteiger partial charge in [0.05, 0.1) is 6.61 Å². The van der Waals surface area contributed by atoms with Gasteiger partial charge >= 0.3 is 0 Å². The van der Waals surface area contributed by atoms with E-state index in [9.17, 15) is 0 Å². The normalized spacial score (nSPS) is 19.3. The molecule has 0 spiro atoms. The molecule has 3 nitrogen and oxygen atoms in total. The zero-order valence-corrected chi connectivity index (χ0v) is 12.4. The standard InChI is InChI=1S/C15H32N2O/c1-3-10-17(11-13-18-12-4-2)15(14-16)8-6-5-7-9-15/h3-14,16H2,1-2H3. The quantitative estimate of drug-likeness (QED) is 0.645. The van der Waals surface area contributed by atoms with Crippen molar-refractivity contribution in [1.29, 1.82) is 0 Å². The number of hydrogen-bond donors (Lipinski definition) is 1. The van der Waals surface area contributed by atoms with Gasteiger partial charge in [-0.15, -0.1) is 0 Å². The van der Waals surface area contributed by atoms with Crippen molar-refractivity contribution in [2.75, 3.05) is 32.8 Å². The van der Waals surface area contributed by atoms with Gasteiger partial charge in [-0.1, -0.05) is 33.1 Å². The van der Waals surface area contributed by atoms with E-state index in [0.717, 1.165) is 39.3 Å². The minimum Gasteiger partial charge on any atom is -0.380 e. The molecule has 1 aliphatic carbocycles. The first-order chi connectivity index (χ1) is 8.79. The smallest absolute Gasteiger partial charge is 0.0593 e. The van der Waals surface area contributed by atoms with Gasteiger partial charge < -0.3 is 10.5 Å². The largest absolute Gasteiger partial charge is 0.380 e. The van der Waals surface area contributed by atoms with Crippen LogP contribution in [-0.4, -0.2) is 43.3 Å². The SMILES string of the molecule is CCCOCCN(CCC)C1(CN)CCCCC1. The highest BCUT2D eigenvalue weighted by atomic mass is 16.5. The maximum Gasteiger partial charge on any atom is 0.0593 e. The molecular formula is C15H32N2O. The average Bonchev–Trinajstić information content (AvgIpc) is 2.43. The summed E-state index contributed by atoms with van der Waals surface area (Å²) in [6.07, 6.45) is 8.93. The van der Waals surface area contributed by atoms with Gasteiger partial charge in [0.25, 0.3) is 0 Å². The molecule has 1 saturated carbocycles. The third kappa shape index (κ3) is 4.52. The van der Waals surface area contributed by atoms with Crippen LogP contribution in [-0.2, 0) is 4.74 Å². The van der Waals surface area contributed by atoms with Crippen molar-refractivity contribution in [2.24, 2.45) is 5.73 Å². The van der Waals surface area contributed by atoms with Crippen LogP contribution in [0.1, 0.15) is 58.8 Å². The molecule has 0 aliphatic heterocycles. The van der Waals surface area contributed by atoms with E-state index in [2.05, 4.69) is 18.7 Å². The highest BCUT2D eigenvalue weighted by Gasteiger charge is 2.35. The molecule has 0 aromatic carbocycles. The number of rotatable bonds is 9. The summed E-state index contributed by atoms with van der Waals surface area (Å²) in [6, 6.07) is 0. The Morgan fingerprint density at radius 1 is 1.00 bits per heavy atom. The molecule has 0 unspecified atom stereocenters. The lowest BCUT2D eigenvalue weighted by molar-refractivity contribution is 0.0233. The van der Waals surface area contributed by atoms with E-state index in [1.54, 1.807) is 0 Å². The van der Waals surface area contributed by atoms with Crippen LogP contribution in [0.4, 0.5) is 0 Å². The zero-order chi connectivity index (χ0) is 13.3. The topological polar surface area (TPSA) is 38.5 Å². The maximum atomic E-state index is 6.12. The van der Waals surface area contributed by atoms with Crippen LogP contribution < -0.4 is 5.73 Å². The summed E-state index contributed by atoms with van der Waals surface area (Å²) < 4.78 is 5.66. The highest BCUT2D eigenvalue weighted by molar-refractivity contribution is 4.94. The van der Waals surface area contributed by atoms with Crippen LogP contribution in [0.25, 0.3) is 0 Å². The van der Waals surface area contributed by atoms with Crippen LogP contribution in [0.15, 0.2) is 0 Å². The van der Waals surface area contributed by atoms with E-state index < -0.39 is 0 Å². The summed E-state index contributed by atoms with van der Waals surface area (Å²) in [6.45, 7) is 9.17. The molecule has 1 fully saturated rings. The van der Waals surface area contributed by atoms with Crippen LogP contribution >= 0.6 is 0 Å². The predicted octanol–water partition coefficient (Wildman–Crippen LogP) is 2.79. The minimum absolute atomic E-state index is 0.268. The molecular weight excluding hydrogens is 224 g/mol. The number of ether oxygens (including phenoxy) is 1. The summed E-state index contributed by atoms with van der Waals surface area (Å²) in [7, 11) is 0. The van der Waals surface area contributed by atoms with E-state index in [1.807, 2.05) is 0 Å². The molecule has 0 heterocycles. The van der Waals surface area contributed by atoms with Gasteiger partial charge in [-0.2, -0.15) is 0 Å². The van der Waals surface area contributed by atoms with Gasteiger partial charge in [-0.25, -0.2) is 0 Å².